The summed E-state index contributed by atoms with van der Waals surface area (Å²) in [7, 11) is 1.91. The highest BCUT2D eigenvalue weighted by Crippen LogP contribution is 2.26. The molecule has 0 amide bonds. The summed E-state index contributed by atoms with van der Waals surface area (Å²) in [4.78, 5) is 2.51. The Hall–Kier alpha value is -0.580. The second-order valence-electron chi connectivity index (χ2n) is 5.67. The van der Waals surface area contributed by atoms with Crippen LogP contribution in [0.25, 0.3) is 0 Å². The Labute approximate surface area is 126 Å². The molecule has 0 aromatic heterocycles. The van der Waals surface area contributed by atoms with Gasteiger partial charge < -0.3 is 10.2 Å². The van der Waals surface area contributed by atoms with Gasteiger partial charge in [-0.05, 0) is 19.5 Å². The average molecular weight is 296 g/mol. The third-order valence-corrected chi connectivity index (χ3v) is 5.09. The Kier molecular flexibility index (Phi) is 5.87. The normalized spacial score (nSPS) is 25.6. The molecule has 0 radical (unpaired) electrons. The van der Waals surface area contributed by atoms with E-state index in [4.69, 9.17) is 0 Å². The Balaban J connectivity index is 1.93. The smallest absolute Gasteiger partial charge is 0.127 e. The summed E-state index contributed by atoms with van der Waals surface area (Å²) < 4.78 is 13.9. The van der Waals surface area contributed by atoms with Crippen LogP contribution in [0.15, 0.2) is 24.3 Å². The number of nitrogens with zero attached hydrogens (tertiary/aromatic N) is 1. The van der Waals surface area contributed by atoms with Crippen LogP contribution in [0.5, 0.6) is 0 Å². The number of halogens is 1. The van der Waals surface area contributed by atoms with Crippen molar-refractivity contribution in [2.75, 3.05) is 26.7 Å². The number of thioether (sulfide) groups is 1. The van der Waals surface area contributed by atoms with Crippen LogP contribution in [-0.2, 0) is 0 Å². The van der Waals surface area contributed by atoms with E-state index in [1.807, 2.05) is 19.2 Å². The van der Waals surface area contributed by atoms with Gasteiger partial charge in [-0.2, -0.15) is 11.8 Å². The Morgan fingerprint density at radius 1 is 1.30 bits per heavy atom. The minimum absolute atomic E-state index is 0.0939. The van der Waals surface area contributed by atoms with Crippen molar-refractivity contribution in [3.8, 4) is 0 Å². The molecule has 1 aliphatic heterocycles. The van der Waals surface area contributed by atoms with Crippen LogP contribution < -0.4 is 5.32 Å². The Bertz CT molecular complexity index is 417. The van der Waals surface area contributed by atoms with E-state index < -0.39 is 0 Å². The lowest BCUT2D eigenvalue weighted by molar-refractivity contribution is 0.255. The fourth-order valence-electron chi connectivity index (χ4n) is 2.99. The van der Waals surface area contributed by atoms with Gasteiger partial charge in [0.05, 0.1) is 0 Å². The first-order valence-electron chi connectivity index (χ1n) is 7.39. The standard InChI is InChI=1S/C16H25FN2S/c1-12-10-19(11-13(2)20-12)9-8-16(18-3)14-6-4-5-7-15(14)17/h4-7,12-13,16,18H,8-11H2,1-3H3. The highest BCUT2D eigenvalue weighted by molar-refractivity contribution is 8.00. The molecular formula is C16H25FN2S. The largest absolute Gasteiger partial charge is 0.313 e. The summed E-state index contributed by atoms with van der Waals surface area (Å²) in [5.74, 6) is -0.109. The zero-order valence-corrected chi connectivity index (χ0v) is 13.4. The van der Waals surface area contributed by atoms with Gasteiger partial charge in [0, 0.05) is 41.7 Å². The van der Waals surface area contributed by atoms with E-state index in [0.29, 0.717) is 10.5 Å². The molecule has 0 bridgehead atoms. The molecule has 1 aromatic carbocycles. The molecular weight excluding hydrogens is 271 g/mol. The third-order valence-electron chi connectivity index (χ3n) is 3.86. The highest BCUT2D eigenvalue weighted by Gasteiger charge is 2.23. The molecule has 1 aliphatic rings. The van der Waals surface area contributed by atoms with Crippen molar-refractivity contribution in [3.05, 3.63) is 35.6 Å². The van der Waals surface area contributed by atoms with Gasteiger partial charge in [-0.25, -0.2) is 4.39 Å². The molecule has 1 aromatic rings. The molecule has 1 saturated heterocycles. The van der Waals surface area contributed by atoms with Crippen LogP contribution in [-0.4, -0.2) is 42.1 Å². The number of rotatable bonds is 5. The Morgan fingerprint density at radius 3 is 2.55 bits per heavy atom. The van der Waals surface area contributed by atoms with Gasteiger partial charge >= 0.3 is 0 Å². The molecule has 1 N–H and O–H groups in total. The van der Waals surface area contributed by atoms with Gasteiger partial charge in [-0.3, -0.25) is 0 Å². The molecule has 3 atom stereocenters. The molecule has 2 rings (SSSR count). The summed E-state index contributed by atoms with van der Waals surface area (Å²) >= 11 is 2.07. The Morgan fingerprint density at radius 2 is 1.95 bits per heavy atom. The fourth-order valence-corrected chi connectivity index (χ4v) is 4.38. The molecule has 4 heteroatoms. The van der Waals surface area contributed by atoms with E-state index in [1.165, 1.54) is 0 Å². The van der Waals surface area contributed by atoms with Crippen molar-refractivity contribution < 1.29 is 4.39 Å². The van der Waals surface area contributed by atoms with Crippen LogP contribution in [0, 0.1) is 5.82 Å². The van der Waals surface area contributed by atoms with Crippen molar-refractivity contribution in [1.82, 2.24) is 10.2 Å². The summed E-state index contributed by atoms with van der Waals surface area (Å²) in [5.41, 5.74) is 0.780. The topological polar surface area (TPSA) is 15.3 Å². The maximum Gasteiger partial charge on any atom is 0.127 e. The van der Waals surface area contributed by atoms with Gasteiger partial charge in [-0.15, -0.1) is 0 Å². The predicted molar refractivity (Wildman–Crippen MR) is 85.8 cm³/mol. The zero-order chi connectivity index (χ0) is 14.5. The van der Waals surface area contributed by atoms with Crippen molar-refractivity contribution in [2.24, 2.45) is 0 Å². The summed E-state index contributed by atoms with van der Waals surface area (Å²) in [5, 5.41) is 4.64. The van der Waals surface area contributed by atoms with Crippen molar-refractivity contribution >= 4 is 11.8 Å². The monoisotopic (exact) mass is 296 g/mol. The van der Waals surface area contributed by atoms with Gasteiger partial charge in [0.1, 0.15) is 5.82 Å². The van der Waals surface area contributed by atoms with Gasteiger partial charge in [0.2, 0.25) is 0 Å². The van der Waals surface area contributed by atoms with E-state index in [9.17, 15) is 4.39 Å². The number of nitrogens with one attached hydrogen (secondary N) is 1. The number of benzene rings is 1. The highest BCUT2D eigenvalue weighted by atomic mass is 32.2. The van der Waals surface area contributed by atoms with E-state index in [0.717, 1.165) is 31.6 Å². The molecule has 2 nitrogen and oxygen atoms in total. The first-order chi connectivity index (χ1) is 9.60. The summed E-state index contributed by atoms with van der Waals surface area (Å²) in [6, 6.07) is 7.17. The SMILES string of the molecule is CNC(CCN1CC(C)SC(C)C1)c1ccccc1F. The summed E-state index contributed by atoms with van der Waals surface area (Å²) in [6.45, 7) is 7.89. The van der Waals surface area contributed by atoms with Crippen molar-refractivity contribution in [1.29, 1.82) is 0 Å². The number of hydrogen-bond acceptors (Lipinski definition) is 3. The lowest BCUT2D eigenvalue weighted by Gasteiger charge is -2.35. The number of hydrogen-bond donors (Lipinski definition) is 1. The van der Waals surface area contributed by atoms with E-state index in [1.54, 1.807) is 12.1 Å². The van der Waals surface area contributed by atoms with Crippen molar-refractivity contribution in [2.45, 2.75) is 36.8 Å². The van der Waals surface area contributed by atoms with E-state index in [-0.39, 0.29) is 11.9 Å². The second-order valence-corrected chi connectivity index (χ2v) is 7.55. The second kappa shape index (κ2) is 7.43. The molecule has 20 heavy (non-hydrogen) atoms. The predicted octanol–water partition coefficient (Wildman–Crippen LogP) is 3.30. The van der Waals surface area contributed by atoms with Crippen LogP contribution in [0.2, 0.25) is 0 Å². The minimum atomic E-state index is -0.109. The lowest BCUT2D eigenvalue weighted by Crippen LogP contribution is -2.41. The van der Waals surface area contributed by atoms with Crippen molar-refractivity contribution in [3.63, 3.8) is 0 Å². The molecule has 3 unspecified atom stereocenters. The van der Waals surface area contributed by atoms with Crippen LogP contribution in [0.1, 0.15) is 31.9 Å². The molecule has 0 aliphatic carbocycles. The molecule has 1 fully saturated rings. The quantitative estimate of drug-likeness (QED) is 0.897. The van der Waals surface area contributed by atoms with E-state index >= 15 is 0 Å². The lowest BCUT2D eigenvalue weighted by atomic mass is 10.0. The zero-order valence-electron chi connectivity index (χ0n) is 12.6. The van der Waals surface area contributed by atoms with E-state index in [2.05, 4.69) is 35.8 Å². The fraction of sp³-hybridized carbons (Fsp3) is 0.625. The molecule has 112 valence electrons. The summed E-state index contributed by atoms with van der Waals surface area (Å²) in [6.07, 6.45) is 0.946. The third kappa shape index (κ3) is 4.21. The van der Waals surface area contributed by atoms with Gasteiger partial charge in [-0.1, -0.05) is 32.0 Å². The van der Waals surface area contributed by atoms with Gasteiger partial charge in [0.25, 0.3) is 0 Å². The molecule has 1 heterocycles. The van der Waals surface area contributed by atoms with Crippen LogP contribution in [0.3, 0.4) is 0 Å². The molecule has 0 saturated carbocycles. The van der Waals surface area contributed by atoms with Gasteiger partial charge in [0.15, 0.2) is 0 Å². The first kappa shape index (κ1) is 15.8. The van der Waals surface area contributed by atoms with Crippen LogP contribution >= 0.6 is 11.8 Å². The molecule has 0 spiro atoms. The maximum absolute atomic E-state index is 13.9. The van der Waals surface area contributed by atoms with Crippen LogP contribution in [0.4, 0.5) is 4.39 Å². The minimum Gasteiger partial charge on any atom is -0.313 e. The average Bonchev–Trinajstić information content (AvgIpc) is 2.40. The maximum atomic E-state index is 13.9. The first-order valence-corrected chi connectivity index (χ1v) is 8.34.